The molecule has 8 nitrogen and oxygen atoms in total. The van der Waals surface area contributed by atoms with Crippen LogP contribution in [0.25, 0.3) is 22.4 Å². The number of hydrogen-bond acceptors (Lipinski definition) is 5. The zero-order valence-electron chi connectivity index (χ0n) is 23.0. The molecule has 0 bridgehead atoms. The van der Waals surface area contributed by atoms with Crippen molar-refractivity contribution in [3.63, 3.8) is 0 Å². The molecule has 2 atom stereocenters. The molecule has 2 aromatic heterocycles. The second-order valence-corrected chi connectivity index (χ2v) is 10.2. The Kier molecular flexibility index (Phi) is 9.65. The van der Waals surface area contributed by atoms with Crippen molar-refractivity contribution in [2.75, 3.05) is 5.32 Å². The van der Waals surface area contributed by atoms with Gasteiger partial charge in [-0.2, -0.15) is 0 Å². The summed E-state index contributed by atoms with van der Waals surface area (Å²) >= 11 is 0. The number of carboxylic acid groups (broad SMARTS) is 1. The van der Waals surface area contributed by atoms with Crippen molar-refractivity contribution >= 4 is 17.6 Å². The smallest absolute Gasteiger partial charge is 0.305 e. The number of carboxylic acids is 1. The first-order valence-electron chi connectivity index (χ1n) is 13.5. The summed E-state index contributed by atoms with van der Waals surface area (Å²) < 4.78 is 15.9. The Hall–Kier alpha value is -4.34. The highest BCUT2D eigenvalue weighted by molar-refractivity contribution is 6.10. The molecule has 9 heteroatoms. The highest BCUT2D eigenvalue weighted by Gasteiger charge is 2.31. The lowest BCUT2D eigenvalue weighted by Gasteiger charge is -2.20. The molecule has 2 aromatic carbocycles. The summed E-state index contributed by atoms with van der Waals surface area (Å²) in [6.45, 7) is 3.90. The molecule has 0 spiro atoms. The number of nitrogens with zero attached hydrogens (tertiary/aromatic N) is 2. The Labute approximate surface area is 238 Å². The lowest BCUT2D eigenvalue weighted by Crippen LogP contribution is -2.22. The molecule has 41 heavy (non-hydrogen) atoms. The molecule has 0 saturated carbocycles. The first-order valence-corrected chi connectivity index (χ1v) is 13.5. The zero-order chi connectivity index (χ0) is 29.5. The summed E-state index contributed by atoms with van der Waals surface area (Å²) in [6.07, 6.45) is -0.605. The van der Waals surface area contributed by atoms with Gasteiger partial charge in [0.15, 0.2) is 0 Å². The first-order chi connectivity index (χ1) is 19.7. The number of carbonyl (C=O) groups is 2. The maximum absolute atomic E-state index is 14.0. The third-order valence-electron chi connectivity index (χ3n) is 6.79. The standard InChI is InChI=1S/C32H34FN3O5/c1-20(2)36-27(16-15-24(37)18-25(38)19-28(39)40)29(21-11-13-22(33)14-12-21)30(26-10-6-7-17-34-26)31(36)32(41)35-23-8-4-3-5-9-23/h3-14,17,20,24-25,37-38H,15-16,18-19H2,1-2H3,(H,35,41)(H,39,40). The van der Waals surface area contributed by atoms with Gasteiger partial charge < -0.3 is 25.2 Å². The van der Waals surface area contributed by atoms with E-state index in [2.05, 4.69) is 10.3 Å². The molecule has 0 aliphatic carbocycles. The van der Waals surface area contributed by atoms with Gasteiger partial charge in [0.2, 0.25) is 0 Å². The molecule has 4 rings (SSSR count). The van der Waals surface area contributed by atoms with Crippen LogP contribution >= 0.6 is 0 Å². The van der Waals surface area contributed by atoms with Gasteiger partial charge in [-0.05, 0) is 75.1 Å². The fourth-order valence-electron chi connectivity index (χ4n) is 5.10. The Morgan fingerprint density at radius 2 is 1.61 bits per heavy atom. The SMILES string of the molecule is CC(C)n1c(CCC(O)CC(O)CC(=O)O)c(-c2ccc(F)cc2)c(-c2ccccn2)c1C(=O)Nc1ccccc1. The third kappa shape index (κ3) is 7.25. The summed E-state index contributed by atoms with van der Waals surface area (Å²) in [6, 6.07) is 20.3. The number of benzene rings is 2. The molecule has 4 aromatic rings. The van der Waals surface area contributed by atoms with E-state index < -0.39 is 30.4 Å². The van der Waals surface area contributed by atoms with Crippen LogP contribution in [0.4, 0.5) is 10.1 Å². The number of amides is 1. The number of aliphatic hydroxyl groups excluding tert-OH is 2. The molecule has 0 saturated heterocycles. The topological polar surface area (TPSA) is 125 Å². The van der Waals surface area contributed by atoms with Gasteiger partial charge in [-0.25, -0.2) is 4.39 Å². The van der Waals surface area contributed by atoms with Gasteiger partial charge in [0, 0.05) is 34.7 Å². The lowest BCUT2D eigenvalue weighted by molar-refractivity contribution is -0.139. The molecule has 4 N–H and O–H groups in total. The number of nitrogens with one attached hydrogen (secondary N) is 1. The van der Waals surface area contributed by atoms with E-state index in [4.69, 9.17) is 5.11 Å². The van der Waals surface area contributed by atoms with Crippen molar-refractivity contribution in [2.45, 2.75) is 57.8 Å². The number of aliphatic hydroxyl groups is 2. The van der Waals surface area contributed by atoms with Crippen molar-refractivity contribution in [1.82, 2.24) is 9.55 Å². The third-order valence-corrected chi connectivity index (χ3v) is 6.79. The van der Waals surface area contributed by atoms with Crippen LogP contribution in [0.1, 0.15) is 55.3 Å². The summed E-state index contributed by atoms with van der Waals surface area (Å²) in [4.78, 5) is 29.6. The van der Waals surface area contributed by atoms with Gasteiger partial charge in [0.25, 0.3) is 5.91 Å². The van der Waals surface area contributed by atoms with Crippen molar-refractivity contribution in [3.05, 3.63) is 96.2 Å². The molecule has 0 aliphatic rings. The van der Waals surface area contributed by atoms with E-state index >= 15 is 0 Å². The van der Waals surface area contributed by atoms with E-state index in [0.29, 0.717) is 40.2 Å². The molecule has 0 fully saturated rings. The molecule has 0 radical (unpaired) electrons. The number of hydrogen-bond donors (Lipinski definition) is 4. The van der Waals surface area contributed by atoms with Gasteiger partial charge in [-0.15, -0.1) is 0 Å². The summed E-state index contributed by atoms with van der Waals surface area (Å²) in [5.74, 6) is -1.90. The van der Waals surface area contributed by atoms with Crippen molar-refractivity contribution < 1.29 is 29.3 Å². The van der Waals surface area contributed by atoms with Crippen LogP contribution in [0.2, 0.25) is 0 Å². The molecular formula is C32H34FN3O5. The maximum atomic E-state index is 14.0. The average molecular weight is 560 g/mol. The quantitative estimate of drug-likeness (QED) is 0.176. The van der Waals surface area contributed by atoms with Crippen LogP contribution in [0.15, 0.2) is 79.0 Å². The monoisotopic (exact) mass is 559 g/mol. The Balaban J connectivity index is 1.89. The highest BCUT2D eigenvalue weighted by Crippen LogP contribution is 2.42. The van der Waals surface area contributed by atoms with Crippen LogP contribution in [-0.4, -0.2) is 49.0 Å². The van der Waals surface area contributed by atoms with Crippen LogP contribution < -0.4 is 5.32 Å². The van der Waals surface area contributed by atoms with E-state index in [1.807, 2.05) is 48.7 Å². The number of rotatable bonds is 12. The van der Waals surface area contributed by atoms with E-state index in [0.717, 1.165) is 5.69 Å². The minimum absolute atomic E-state index is 0.102. The molecule has 214 valence electrons. The minimum Gasteiger partial charge on any atom is -0.481 e. The maximum Gasteiger partial charge on any atom is 0.305 e. The lowest BCUT2D eigenvalue weighted by atomic mass is 9.94. The normalized spacial score (nSPS) is 12.7. The van der Waals surface area contributed by atoms with Gasteiger partial charge in [-0.3, -0.25) is 14.6 Å². The van der Waals surface area contributed by atoms with E-state index in [1.54, 1.807) is 36.5 Å². The fraction of sp³-hybridized carbons (Fsp3) is 0.281. The van der Waals surface area contributed by atoms with Crippen LogP contribution in [0.3, 0.4) is 0 Å². The molecular weight excluding hydrogens is 525 g/mol. The Bertz CT molecular complexity index is 1470. The number of aliphatic carboxylic acids is 1. The van der Waals surface area contributed by atoms with Gasteiger partial charge in [0.1, 0.15) is 11.5 Å². The van der Waals surface area contributed by atoms with Crippen molar-refractivity contribution in [3.8, 4) is 22.4 Å². The van der Waals surface area contributed by atoms with E-state index in [-0.39, 0.29) is 24.8 Å². The molecule has 0 aliphatic heterocycles. The Morgan fingerprint density at radius 1 is 0.927 bits per heavy atom. The van der Waals surface area contributed by atoms with Crippen molar-refractivity contribution in [2.24, 2.45) is 0 Å². The van der Waals surface area contributed by atoms with Crippen LogP contribution in [0.5, 0.6) is 0 Å². The summed E-state index contributed by atoms with van der Waals surface area (Å²) in [5.41, 5.74) is 4.23. The van der Waals surface area contributed by atoms with Gasteiger partial charge >= 0.3 is 5.97 Å². The summed E-state index contributed by atoms with van der Waals surface area (Å²) in [7, 11) is 0. The largest absolute Gasteiger partial charge is 0.481 e. The highest BCUT2D eigenvalue weighted by atomic mass is 19.1. The molecule has 1 amide bonds. The fourth-order valence-corrected chi connectivity index (χ4v) is 5.10. The second kappa shape index (κ2) is 13.3. The minimum atomic E-state index is -1.19. The predicted molar refractivity (Wildman–Crippen MR) is 155 cm³/mol. The number of carbonyl (C=O) groups excluding carboxylic acids is 1. The van der Waals surface area contributed by atoms with Gasteiger partial charge in [-0.1, -0.05) is 36.4 Å². The Morgan fingerprint density at radius 3 is 2.22 bits per heavy atom. The number of pyridine rings is 1. The predicted octanol–water partition coefficient (Wildman–Crippen LogP) is 5.71. The zero-order valence-corrected chi connectivity index (χ0v) is 23.0. The van der Waals surface area contributed by atoms with Crippen molar-refractivity contribution in [1.29, 1.82) is 0 Å². The number of para-hydroxylation sites is 1. The number of aromatic nitrogens is 2. The van der Waals surface area contributed by atoms with E-state index in [9.17, 15) is 24.2 Å². The van der Waals surface area contributed by atoms with E-state index in [1.165, 1.54) is 12.1 Å². The summed E-state index contributed by atoms with van der Waals surface area (Å²) in [5, 5.41) is 32.7. The number of anilines is 1. The number of halogens is 1. The van der Waals surface area contributed by atoms with Crippen LogP contribution in [-0.2, 0) is 11.2 Å². The first kappa shape index (κ1) is 29.6. The van der Waals surface area contributed by atoms with Crippen LogP contribution in [0, 0.1) is 5.82 Å². The van der Waals surface area contributed by atoms with Gasteiger partial charge in [0.05, 0.1) is 24.3 Å². The molecule has 2 unspecified atom stereocenters. The average Bonchev–Trinajstić information content (AvgIpc) is 3.28. The molecule has 2 heterocycles. The second-order valence-electron chi connectivity index (χ2n) is 10.2.